The van der Waals surface area contributed by atoms with E-state index in [-0.39, 0.29) is 42.0 Å². The molecule has 3 fully saturated rings. The molecule has 10 nitrogen and oxygen atoms in total. The molecule has 0 radical (unpaired) electrons. The zero-order valence-corrected chi connectivity index (χ0v) is 22.5. The number of pyridine rings is 1. The SMILES string of the molecule is N#Cc1cnn2c(-c3cc(N[C@H]4CCC[C@@H](O)C4)c(C(=O)N[C@H]4CC[C@H](NC(=O)C5CC5)CC4)cn3)ccc2c1. The number of rotatable bonds is 7. The third kappa shape index (κ3) is 5.80. The average Bonchev–Trinajstić information content (AvgIpc) is 3.73. The van der Waals surface area contributed by atoms with Crippen LogP contribution in [0, 0.1) is 17.2 Å². The van der Waals surface area contributed by atoms with Gasteiger partial charge in [-0.2, -0.15) is 10.4 Å². The zero-order valence-electron chi connectivity index (χ0n) is 22.5. The molecule has 0 aliphatic heterocycles. The molecule has 6 rings (SSSR count). The quantitative estimate of drug-likeness (QED) is 0.358. The molecule has 208 valence electrons. The van der Waals surface area contributed by atoms with Crippen LogP contribution in [0.1, 0.15) is 80.1 Å². The van der Waals surface area contributed by atoms with Crippen LogP contribution in [0.2, 0.25) is 0 Å². The molecule has 3 aliphatic carbocycles. The number of nitrogens with one attached hydrogen (secondary N) is 3. The highest BCUT2D eigenvalue weighted by molar-refractivity contribution is 6.00. The molecule has 3 saturated carbocycles. The Hall–Kier alpha value is -3.97. The topological polar surface area (TPSA) is 144 Å². The van der Waals surface area contributed by atoms with Gasteiger partial charge in [0.2, 0.25) is 5.91 Å². The fourth-order valence-electron chi connectivity index (χ4n) is 5.97. The highest BCUT2D eigenvalue weighted by Gasteiger charge is 2.32. The van der Waals surface area contributed by atoms with Crippen molar-refractivity contribution in [2.45, 2.75) is 88.4 Å². The molecular weight excluding hydrogens is 506 g/mol. The minimum absolute atomic E-state index is 0.0405. The molecule has 0 unspecified atom stereocenters. The van der Waals surface area contributed by atoms with Crippen LogP contribution in [0.25, 0.3) is 16.9 Å². The van der Waals surface area contributed by atoms with Gasteiger partial charge in [-0.3, -0.25) is 14.6 Å². The van der Waals surface area contributed by atoms with E-state index in [9.17, 15) is 20.0 Å². The molecule has 40 heavy (non-hydrogen) atoms. The van der Waals surface area contributed by atoms with Crippen LogP contribution >= 0.6 is 0 Å². The lowest BCUT2D eigenvalue weighted by molar-refractivity contribution is -0.123. The van der Waals surface area contributed by atoms with Crippen LogP contribution in [0.3, 0.4) is 0 Å². The summed E-state index contributed by atoms with van der Waals surface area (Å²) in [7, 11) is 0. The number of aliphatic hydroxyl groups excluding tert-OH is 1. The van der Waals surface area contributed by atoms with E-state index in [2.05, 4.69) is 32.1 Å². The van der Waals surface area contributed by atoms with E-state index in [4.69, 9.17) is 0 Å². The third-order valence-corrected chi connectivity index (χ3v) is 8.40. The molecule has 3 aliphatic rings. The number of fused-ring (bicyclic) bond motifs is 1. The Balaban J connectivity index is 1.20. The molecule has 0 bridgehead atoms. The number of aromatic nitrogens is 3. The minimum Gasteiger partial charge on any atom is -0.393 e. The van der Waals surface area contributed by atoms with Crippen molar-refractivity contribution >= 4 is 23.0 Å². The second kappa shape index (κ2) is 11.3. The Kier molecular flexibility index (Phi) is 7.39. The van der Waals surface area contributed by atoms with Crippen LogP contribution in [0.5, 0.6) is 0 Å². The Morgan fingerprint density at radius 3 is 2.45 bits per heavy atom. The summed E-state index contributed by atoms with van der Waals surface area (Å²) in [5.41, 5.74) is 3.81. The van der Waals surface area contributed by atoms with Gasteiger partial charge in [-0.1, -0.05) is 0 Å². The van der Waals surface area contributed by atoms with Gasteiger partial charge in [-0.15, -0.1) is 0 Å². The van der Waals surface area contributed by atoms with Crippen molar-refractivity contribution in [1.29, 1.82) is 5.26 Å². The van der Waals surface area contributed by atoms with Gasteiger partial charge in [0.05, 0.1) is 46.0 Å². The van der Waals surface area contributed by atoms with Gasteiger partial charge >= 0.3 is 0 Å². The molecule has 2 atom stereocenters. The Labute approximate surface area is 233 Å². The van der Waals surface area contributed by atoms with Crippen molar-refractivity contribution in [1.82, 2.24) is 25.2 Å². The number of anilines is 1. The monoisotopic (exact) mass is 541 g/mol. The normalized spacial score (nSPS) is 24.7. The van der Waals surface area contributed by atoms with Gasteiger partial charge in [0.15, 0.2) is 0 Å². The average molecular weight is 542 g/mol. The number of carbonyl (C=O) groups excluding carboxylic acids is 2. The van der Waals surface area contributed by atoms with Crippen LogP contribution in [0.15, 0.2) is 36.7 Å². The maximum atomic E-state index is 13.5. The summed E-state index contributed by atoms with van der Waals surface area (Å²) in [6.07, 6.45) is 11.4. The van der Waals surface area contributed by atoms with E-state index in [1.165, 1.54) is 6.20 Å². The number of hydrogen-bond acceptors (Lipinski definition) is 7. The van der Waals surface area contributed by atoms with Gasteiger partial charge in [0.25, 0.3) is 5.91 Å². The number of amides is 2. The number of aliphatic hydroxyl groups is 1. The first-order valence-corrected chi connectivity index (χ1v) is 14.4. The first-order chi connectivity index (χ1) is 19.5. The van der Waals surface area contributed by atoms with Gasteiger partial charge in [-0.25, -0.2) is 4.52 Å². The number of nitrogens with zero attached hydrogens (tertiary/aromatic N) is 4. The fraction of sp³-hybridized carbons (Fsp3) is 0.500. The predicted molar refractivity (Wildman–Crippen MR) is 149 cm³/mol. The summed E-state index contributed by atoms with van der Waals surface area (Å²) in [5, 5.41) is 33.8. The number of hydrogen-bond donors (Lipinski definition) is 4. The first kappa shape index (κ1) is 26.3. The zero-order chi connectivity index (χ0) is 27.6. The lowest BCUT2D eigenvalue weighted by Gasteiger charge is -2.30. The summed E-state index contributed by atoms with van der Waals surface area (Å²) in [5.74, 6) is 0.207. The van der Waals surface area contributed by atoms with E-state index in [0.29, 0.717) is 28.9 Å². The van der Waals surface area contributed by atoms with Crippen LogP contribution in [-0.2, 0) is 4.79 Å². The Bertz CT molecular complexity index is 1450. The molecule has 2 amide bonds. The minimum atomic E-state index is -0.353. The summed E-state index contributed by atoms with van der Waals surface area (Å²) < 4.78 is 1.73. The first-order valence-electron chi connectivity index (χ1n) is 14.4. The standard InChI is InChI=1S/C30H35N7O3/c31-15-18-12-23-10-11-28(37(23)33-16-18)27-14-26(34-22-2-1-3-24(38)13-22)25(17-32-27)30(40)36-21-8-6-20(7-9-21)35-29(39)19-4-5-19/h10-12,14,16-17,19-22,24,38H,1-9,13H2,(H,32,34)(H,35,39)(H,36,40)/t20-,21-,22-,24+/m0/s1. The largest absolute Gasteiger partial charge is 0.393 e. The molecule has 10 heteroatoms. The van der Waals surface area contributed by atoms with Gasteiger partial charge in [-0.05, 0) is 88.5 Å². The number of nitriles is 1. The molecule has 4 N–H and O–H groups in total. The van der Waals surface area contributed by atoms with E-state index >= 15 is 0 Å². The molecule has 0 saturated heterocycles. The van der Waals surface area contributed by atoms with Crippen LogP contribution in [-0.4, -0.2) is 55.7 Å². The Morgan fingerprint density at radius 1 is 0.950 bits per heavy atom. The Morgan fingerprint density at radius 2 is 1.73 bits per heavy atom. The third-order valence-electron chi connectivity index (χ3n) is 8.40. The molecule has 3 aromatic heterocycles. The second-order valence-corrected chi connectivity index (χ2v) is 11.5. The maximum Gasteiger partial charge on any atom is 0.255 e. The van der Waals surface area contributed by atoms with Crippen molar-refractivity contribution < 1.29 is 14.7 Å². The van der Waals surface area contributed by atoms with Gasteiger partial charge in [0, 0.05) is 30.2 Å². The summed E-state index contributed by atoms with van der Waals surface area (Å²) in [6.45, 7) is 0. The van der Waals surface area contributed by atoms with Crippen LogP contribution in [0.4, 0.5) is 5.69 Å². The van der Waals surface area contributed by atoms with E-state index in [0.717, 1.165) is 69.0 Å². The van der Waals surface area contributed by atoms with E-state index in [1.54, 1.807) is 16.8 Å². The fourth-order valence-corrected chi connectivity index (χ4v) is 5.97. The molecule has 0 spiro atoms. The lowest BCUT2D eigenvalue weighted by Crippen LogP contribution is -2.44. The van der Waals surface area contributed by atoms with Crippen molar-refractivity contribution in [3.63, 3.8) is 0 Å². The predicted octanol–water partition coefficient (Wildman–Crippen LogP) is 3.55. The molecule has 0 aromatic carbocycles. The van der Waals surface area contributed by atoms with Gasteiger partial charge in [0.1, 0.15) is 6.07 Å². The van der Waals surface area contributed by atoms with Crippen molar-refractivity contribution in [2.24, 2.45) is 5.92 Å². The lowest BCUT2D eigenvalue weighted by atomic mass is 9.90. The highest BCUT2D eigenvalue weighted by Crippen LogP contribution is 2.31. The van der Waals surface area contributed by atoms with Crippen molar-refractivity contribution in [2.75, 3.05) is 5.32 Å². The molecular formula is C30H35N7O3. The molecule has 3 aromatic rings. The van der Waals surface area contributed by atoms with Gasteiger partial charge < -0.3 is 21.1 Å². The van der Waals surface area contributed by atoms with Crippen molar-refractivity contribution in [3.05, 3.63) is 47.8 Å². The summed E-state index contributed by atoms with van der Waals surface area (Å²) in [6, 6.07) is 9.83. The smallest absolute Gasteiger partial charge is 0.255 e. The summed E-state index contributed by atoms with van der Waals surface area (Å²) >= 11 is 0. The van der Waals surface area contributed by atoms with Crippen LogP contribution < -0.4 is 16.0 Å². The highest BCUT2D eigenvalue weighted by atomic mass is 16.3. The van der Waals surface area contributed by atoms with E-state index < -0.39 is 0 Å². The second-order valence-electron chi connectivity index (χ2n) is 11.5. The van der Waals surface area contributed by atoms with E-state index in [1.807, 2.05) is 18.2 Å². The van der Waals surface area contributed by atoms with Crippen molar-refractivity contribution in [3.8, 4) is 17.5 Å². The maximum absolute atomic E-state index is 13.5. The summed E-state index contributed by atoms with van der Waals surface area (Å²) in [4.78, 5) is 30.3. The number of carbonyl (C=O) groups is 2. The molecule has 3 heterocycles.